The molecular weight excluding hydrogens is 458 g/mol. The first-order valence-electron chi connectivity index (χ1n) is 10.8. The lowest BCUT2D eigenvalue weighted by Gasteiger charge is -2.42. The van der Waals surface area contributed by atoms with E-state index in [0.717, 1.165) is 33.5 Å². The molecule has 1 aliphatic heterocycles. The van der Waals surface area contributed by atoms with Crippen LogP contribution in [0.3, 0.4) is 0 Å². The number of nitriles is 1. The average Bonchev–Trinajstić information content (AvgIpc) is 3.40. The van der Waals surface area contributed by atoms with Crippen LogP contribution in [0.2, 0.25) is 0 Å². The molecule has 3 heterocycles. The van der Waals surface area contributed by atoms with E-state index >= 15 is 0 Å². The summed E-state index contributed by atoms with van der Waals surface area (Å²) < 4.78 is 0.865. The number of thiophene rings is 1. The second kappa shape index (κ2) is 9.00. The van der Waals surface area contributed by atoms with Gasteiger partial charge in [0.2, 0.25) is 5.13 Å². The Bertz CT molecular complexity index is 1150. The average molecular weight is 486 g/mol. The maximum absolute atomic E-state index is 13.5. The summed E-state index contributed by atoms with van der Waals surface area (Å²) in [4.78, 5) is 17.6. The molecule has 1 aliphatic carbocycles. The molecule has 0 radical (unpaired) electrons. The van der Waals surface area contributed by atoms with E-state index < -0.39 is 5.92 Å². The van der Waals surface area contributed by atoms with Gasteiger partial charge in [-0.1, -0.05) is 50.8 Å². The number of nitrogens with two attached hydrogens (primary N) is 1. The predicted octanol–water partition coefficient (Wildman–Crippen LogP) is 5.60. The molecule has 9 heteroatoms. The number of nitrogens with zero attached hydrogens (tertiary/aromatic N) is 4. The number of hydrogen-bond acceptors (Lipinski definition) is 9. The molecule has 0 saturated heterocycles. The van der Waals surface area contributed by atoms with Gasteiger partial charge in [-0.25, -0.2) is 0 Å². The lowest BCUT2D eigenvalue weighted by atomic mass is 9.70. The van der Waals surface area contributed by atoms with Gasteiger partial charge in [0.25, 0.3) is 0 Å². The van der Waals surface area contributed by atoms with Crippen LogP contribution < -0.4 is 10.6 Å². The summed E-state index contributed by atoms with van der Waals surface area (Å²) in [7, 11) is 0. The summed E-state index contributed by atoms with van der Waals surface area (Å²) in [6.07, 6.45) is 3.10. The summed E-state index contributed by atoms with van der Waals surface area (Å²) in [5.74, 6) is 0.991. The molecule has 2 N–H and O–H groups in total. The largest absolute Gasteiger partial charge is 0.384 e. The first-order valence-corrected chi connectivity index (χ1v) is 13.4. The van der Waals surface area contributed by atoms with Crippen molar-refractivity contribution in [2.45, 2.75) is 63.6 Å². The lowest BCUT2D eigenvalue weighted by molar-refractivity contribution is -0.118. The quantitative estimate of drug-likeness (QED) is 0.532. The minimum absolute atomic E-state index is 0.0862. The molecule has 0 fully saturated rings. The molecule has 168 valence electrons. The van der Waals surface area contributed by atoms with E-state index in [1.807, 2.05) is 11.0 Å². The van der Waals surface area contributed by atoms with E-state index in [9.17, 15) is 10.1 Å². The first-order chi connectivity index (χ1) is 15.3. The van der Waals surface area contributed by atoms with Gasteiger partial charge in [-0.05, 0) is 36.8 Å². The van der Waals surface area contributed by atoms with Crippen molar-refractivity contribution in [3.63, 3.8) is 0 Å². The van der Waals surface area contributed by atoms with Crippen LogP contribution in [0, 0.1) is 16.7 Å². The third kappa shape index (κ3) is 4.12. The fourth-order valence-electron chi connectivity index (χ4n) is 4.29. The molecule has 0 amide bonds. The molecule has 4 rings (SSSR count). The van der Waals surface area contributed by atoms with Crippen molar-refractivity contribution in [1.29, 1.82) is 5.26 Å². The lowest BCUT2D eigenvalue weighted by Crippen LogP contribution is -2.42. The monoisotopic (exact) mass is 485 g/mol. The van der Waals surface area contributed by atoms with Crippen LogP contribution in [-0.4, -0.2) is 21.7 Å². The van der Waals surface area contributed by atoms with E-state index in [1.165, 1.54) is 16.2 Å². The number of aryl methyl sites for hydroxylation is 1. The number of anilines is 1. The third-order valence-corrected chi connectivity index (χ3v) is 9.26. The highest BCUT2D eigenvalue weighted by molar-refractivity contribution is 8.01. The number of carbonyl (C=O) groups excluding carboxylic acids is 1. The van der Waals surface area contributed by atoms with Gasteiger partial charge in [0.15, 0.2) is 10.1 Å². The Kier molecular flexibility index (Phi) is 6.48. The maximum Gasteiger partial charge on any atom is 0.219 e. The van der Waals surface area contributed by atoms with Crippen molar-refractivity contribution in [2.75, 3.05) is 10.7 Å². The summed E-state index contributed by atoms with van der Waals surface area (Å²) in [5, 5.41) is 19.5. The standard InChI is InChI=1S/C23H27N5OS3/c1-5-9-30-22-27-26-21(32-22)28-15-10-23(3,4)11-16(29)19(15)18(14(12-24)20(28)25)17-8-7-13(6-2)31-17/h7-8,18H,5-6,9-11,25H2,1-4H3. The number of carbonyl (C=O) groups is 1. The van der Waals surface area contributed by atoms with Gasteiger partial charge in [-0.15, -0.1) is 21.5 Å². The van der Waals surface area contributed by atoms with Gasteiger partial charge in [-0.2, -0.15) is 5.26 Å². The summed E-state index contributed by atoms with van der Waals surface area (Å²) in [5.41, 5.74) is 8.43. The van der Waals surface area contributed by atoms with Gasteiger partial charge in [0, 0.05) is 33.2 Å². The number of aromatic nitrogens is 2. The molecular formula is C23H27N5OS3. The highest BCUT2D eigenvalue weighted by atomic mass is 32.2. The van der Waals surface area contributed by atoms with Gasteiger partial charge >= 0.3 is 0 Å². The second-order valence-electron chi connectivity index (χ2n) is 8.84. The normalized spacial score (nSPS) is 20.5. The molecule has 1 atom stereocenters. The highest BCUT2D eigenvalue weighted by Gasteiger charge is 2.45. The van der Waals surface area contributed by atoms with Crippen LogP contribution in [-0.2, 0) is 11.2 Å². The summed E-state index contributed by atoms with van der Waals surface area (Å²) in [6, 6.07) is 6.45. The minimum Gasteiger partial charge on any atom is -0.384 e. The summed E-state index contributed by atoms with van der Waals surface area (Å²) in [6.45, 7) is 8.44. The Balaban J connectivity index is 1.89. The SMILES string of the molecule is CCCSc1nnc(N2C(N)=C(C#N)C(c3ccc(CC)s3)C3=C2CC(C)(C)CC3=O)s1. The van der Waals surface area contributed by atoms with Gasteiger partial charge in [0.05, 0.1) is 17.6 Å². The molecule has 2 aromatic heterocycles. The van der Waals surface area contributed by atoms with Crippen molar-refractivity contribution in [2.24, 2.45) is 11.1 Å². The smallest absolute Gasteiger partial charge is 0.219 e. The van der Waals surface area contributed by atoms with Crippen LogP contribution in [0.5, 0.6) is 0 Å². The number of Topliss-reactive ketones (excluding diaryl/α,β-unsaturated/α-hetero) is 1. The van der Waals surface area contributed by atoms with E-state index in [1.54, 1.807) is 23.1 Å². The Morgan fingerprint density at radius 1 is 1.28 bits per heavy atom. The fourth-order valence-corrected chi connectivity index (χ4v) is 7.17. The van der Waals surface area contributed by atoms with E-state index in [-0.39, 0.29) is 11.2 Å². The number of hydrogen-bond donors (Lipinski definition) is 1. The van der Waals surface area contributed by atoms with Gasteiger partial charge < -0.3 is 5.73 Å². The number of allylic oxidation sites excluding steroid dienone is 3. The van der Waals surface area contributed by atoms with Crippen LogP contribution >= 0.6 is 34.4 Å². The molecule has 0 bridgehead atoms. The zero-order valence-electron chi connectivity index (χ0n) is 18.8. The molecule has 0 spiro atoms. The van der Waals surface area contributed by atoms with Crippen molar-refractivity contribution in [3.8, 4) is 6.07 Å². The third-order valence-electron chi connectivity index (χ3n) is 5.71. The number of thioether (sulfide) groups is 1. The molecule has 2 aromatic rings. The topological polar surface area (TPSA) is 95.9 Å². The van der Waals surface area contributed by atoms with Crippen LogP contribution in [0.4, 0.5) is 5.13 Å². The molecule has 32 heavy (non-hydrogen) atoms. The Hall–Kier alpha value is -2.15. The van der Waals surface area contributed by atoms with Crippen molar-refractivity contribution in [1.82, 2.24) is 10.2 Å². The van der Waals surface area contributed by atoms with Crippen molar-refractivity contribution < 1.29 is 4.79 Å². The van der Waals surface area contributed by atoms with E-state index in [2.05, 4.69) is 50.0 Å². The van der Waals surface area contributed by atoms with E-state index in [0.29, 0.717) is 34.9 Å². The predicted molar refractivity (Wildman–Crippen MR) is 132 cm³/mol. The maximum atomic E-state index is 13.5. The minimum atomic E-state index is -0.415. The molecule has 1 unspecified atom stereocenters. The Labute approximate surface area is 201 Å². The molecule has 6 nitrogen and oxygen atoms in total. The zero-order chi connectivity index (χ0) is 23.0. The zero-order valence-corrected chi connectivity index (χ0v) is 21.2. The summed E-state index contributed by atoms with van der Waals surface area (Å²) >= 11 is 4.77. The van der Waals surface area contributed by atoms with Crippen LogP contribution in [0.15, 0.2) is 39.1 Å². The van der Waals surface area contributed by atoms with Crippen molar-refractivity contribution >= 4 is 45.4 Å². The van der Waals surface area contributed by atoms with Crippen LogP contribution in [0.1, 0.15) is 62.6 Å². The van der Waals surface area contributed by atoms with Crippen molar-refractivity contribution in [3.05, 3.63) is 44.6 Å². The molecule has 0 aromatic carbocycles. The van der Waals surface area contributed by atoms with Gasteiger partial charge in [-0.3, -0.25) is 9.69 Å². The number of ketones is 1. The second-order valence-corrected chi connectivity index (χ2v) is 12.3. The van der Waals surface area contributed by atoms with Gasteiger partial charge in [0.1, 0.15) is 5.82 Å². The fraction of sp³-hybridized carbons (Fsp3) is 0.478. The van der Waals surface area contributed by atoms with E-state index in [4.69, 9.17) is 5.73 Å². The Morgan fingerprint density at radius 3 is 2.72 bits per heavy atom. The highest BCUT2D eigenvalue weighted by Crippen LogP contribution is 2.51. The molecule has 2 aliphatic rings. The molecule has 0 saturated carbocycles. The Morgan fingerprint density at radius 2 is 2.06 bits per heavy atom. The first kappa shape index (κ1) is 23.0. The number of rotatable bonds is 6. The van der Waals surface area contributed by atoms with Crippen LogP contribution in [0.25, 0.3) is 0 Å².